The van der Waals surface area contributed by atoms with Gasteiger partial charge in [-0.1, -0.05) is 11.6 Å². The van der Waals surface area contributed by atoms with Gasteiger partial charge in [0.1, 0.15) is 5.15 Å². The van der Waals surface area contributed by atoms with E-state index in [1.165, 1.54) is 23.7 Å². The molecule has 1 aliphatic heterocycles. The van der Waals surface area contributed by atoms with Crippen molar-refractivity contribution in [1.29, 1.82) is 0 Å². The Morgan fingerprint density at radius 1 is 1.47 bits per heavy atom. The molecule has 6 nitrogen and oxygen atoms in total. The van der Waals surface area contributed by atoms with Crippen LogP contribution in [0.15, 0.2) is 11.4 Å². The molecule has 1 N–H and O–H groups in total. The van der Waals surface area contributed by atoms with Crippen LogP contribution in [0.2, 0.25) is 5.15 Å². The SMILES string of the molecule is CC(CNS(=O)(=O)c1ncn(C)c1Cl)N1CCCC1. The number of aromatic nitrogens is 2. The maximum atomic E-state index is 12.1. The summed E-state index contributed by atoms with van der Waals surface area (Å²) in [4.78, 5) is 6.11. The van der Waals surface area contributed by atoms with E-state index >= 15 is 0 Å². The Balaban J connectivity index is 1.99. The molecular weight excluding hydrogens is 288 g/mol. The number of halogens is 1. The van der Waals surface area contributed by atoms with E-state index in [0.29, 0.717) is 6.54 Å². The van der Waals surface area contributed by atoms with Crippen LogP contribution in [0.1, 0.15) is 19.8 Å². The predicted octanol–water partition coefficient (Wildman–Crippen LogP) is 0.836. The van der Waals surface area contributed by atoms with Crippen molar-refractivity contribution in [3.63, 3.8) is 0 Å². The second-order valence-electron chi connectivity index (χ2n) is 4.90. The summed E-state index contributed by atoms with van der Waals surface area (Å²) >= 11 is 5.91. The van der Waals surface area contributed by atoms with E-state index in [1.54, 1.807) is 7.05 Å². The van der Waals surface area contributed by atoms with Crippen LogP contribution in [0.25, 0.3) is 0 Å². The molecule has 1 saturated heterocycles. The number of nitrogens with one attached hydrogen (secondary N) is 1. The zero-order valence-corrected chi connectivity index (χ0v) is 12.7. The molecule has 0 saturated carbocycles. The summed E-state index contributed by atoms with van der Waals surface area (Å²) in [5, 5.41) is 0.0200. The second kappa shape index (κ2) is 5.78. The van der Waals surface area contributed by atoms with Gasteiger partial charge in [-0.25, -0.2) is 18.1 Å². The molecule has 2 heterocycles. The second-order valence-corrected chi connectivity index (χ2v) is 6.94. The molecular formula is C11H19ClN4O2S. The molecule has 0 aliphatic carbocycles. The fraction of sp³-hybridized carbons (Fsp3) is 0.727. The van der Waals surface area contributed by atoms with E-state index in [2.05, 4.69) is 14.6 Å². The molecule has 1 aliphatic rings. The first-order chi connectivity index (χ1) is 8.92. The molecule has 8 heteroatoms. The lowest BCUT2D eigenvalue weighted by atomic mass is 10.3. The predicted molar refractivity (Wildman–Crippen MR) is 73.7 cm³/mol. The third-order valence-electron chi connectivity index (χ3n) is 3.42. The quantitative estimate of drug-likeness (QED) is 0.875. The molecule has 0 amide bonds. The van der Waals surface area contributed by atoms with Gasteiger partial charge in [0.15, 0.2) is 0 Å². The highest BCUT2D eigenvalue weighted by atomic mass is 35.5. The third kappa shape index (κ3) is 3.28. The van der Waals surface area contributed by atoms with Crippen LogP contribution in [-0.4, -0.2) is 48.5 Å². The van der Waals surface area contributed by atoms with Crippen molar-refractivity contribution in [3.8, 4) is 0 Å². The first-order valence-corrected chi connectivity index (χ1v) is 8.18. The van der Waals surface area contributed by atoms with Crippen molar-refractivity contribution < 1.29 is 8.42 Å². The van der Waals surface area contributed by atoms with Gasteiger partial charge < -0.3 is 4.57 Å². The van der Waals surface area contributed by atoms with Crippen LogP contribution in [0.5, 0.6) is 0 Å². The van der Waals surface area contributed by atoms with Crippen molar-refractivity contribution in [2.24, 2.45) is 7.05 Å². The fourth-order valence-corrected chi connectivity index (χ4v) is 3.73. The molecule has 0 aromatic carbocycles. The zero-order valence-electron chi connectivity index (χ0n) is 11.1. The Labute approximate surface area is 118 Å². The lowest BCUT2D eigenvalue weighted by Gasteiger charge is -2.23. The molecule has 19 heavy (non-hydrogen) atoms. The summed E-state index contributed by atoms with van der Waals surface area (Å²) in [6.07, 6.45) is 3.76. The van der Waals surface area contributed by atoms with Crippen LogP contribution >= 0.6 is 11.6 Å². The van der Waals surface area contributed by atoms with E-state index in [-0.39, 0.29) is 16.2 Å². The van der Waals surface area contributed by atoms with Crippen LogP contribution in [0.3, 0.4) is 0 Å². The van der Waals surface area contributed by atoms with Gasteiger partial charge in [0.05, 0.1) is 6.33 Å². The molecule has 1 fully saturated rings. The minimum Gasteiger partial charge on any atom is -0.324 e. The first kappa shape index (κ1) is 14.8. The first-order valence-electron chi connectivity index (χ1n) is 6.32. The zero-order chi connectivity index (χ0) is 14.0. The number of sulfonamides is 1. The average Bonchev–Trinajstić information content (AvgIpc) is 2.98. The summed E-state index contributed by atoms with van der Waals surface area (Å²) in [5.41, 5.74) is 0. The van der Waals surface area contributed by atoms with E-state index in [4.69, 9.17) is 11.6 Å². The summed E-state index contributed by atoms with van der Waals surface area (Å²) in [6.45, 7) is 4.46. The van der Waals surface area contributed by atoms with Crippen molar-refractivity contribution in [1.82, 2.24) is 19.2 Å². The molecule has 1 aromatic heterocycles. The Kier molecular flexibility index (Phi) is 4.50. The molecule has 1 unspecified atom stereocenters. The van der Waals surface area contributed by atoms with Gasteiger partial charge in [-0.2, -0.15) is 0 Å². The summed E-state index contributed by atoms with van der Waals surface area (Å²) < 4.78 is 28.2. The number of nitrogens with zero attached hydrogens (tertiary/aromatic N) is 3. The third-order valence-corrected chi connectivity index (χ3v) is 5.33. The lowest BCUT2D eigenvalue weighted by molar-refractivity contribution is 0.260. The van der Waals surface area contributed by atoms with Crippen molar-refractivity contribution in [3.05, 3.63) is 11.5 Å². The highest BCUT2D eigenvalue weighted by Gasteiger charge is 2.24. The number of hydrogen-bond donors (Lipinski definition) is 1. The van der Waals surface area contributed by atoms with E-state index in [0.717, 1.165) is 13.1 Å². The molecule has 0 radical (unpaired) electrons. The number of rotatable bonds is 5. The van der Waals surface area contributed by atoms with Gasteiger partial charge in [-0.05, 0) is 32.9 Å². The van der Waals surface area contributed by atoms with Crippen LogP contribution in [-0.2, 0) is 17.1 Å². The van der Waals surface area contributed by atoms with Gasteiger partial charge in [0, 0.05) is 19.6 Å². The molecule has 1 aromatic rings. The van der Waals surface area contributed by atoms with Crippen LogP contribution < -0.4 is 4.72 Å². The molecule has 0 bridgehead atoms. The normalized spacial score (nSPS) is 18.9. The van der Waals surface area contributed by atoms with E-state index in [1.807, 2.05) is 6.92 Å². The highest BCUT2D eigenvalue weighted by Crippen LogP contribution is 2.18. The summed E-state index contributed by atoms with van der Waals surface area (Å²) in [6, 6.07) is 0.180. The molecule has 1 atom stereocenters. The Morgan fingerprint density at radius 3 is 2.63 bits per heavy atom. The van der Waals surface area contributed by atoms with Crippen molar-refractivity contribution in [2.45, 2.75) is 30.8 Å². The number of aryl methyl sites for hydroxylation is 1. The minimum absolute atomic E-state index is 0.106. The van der Waals surface area contributed by atoms with Gasteiger partial charge in [-0.3, -0.25) is 4.90 Å². The topological polar surface area (TPSA) is 67.2 Å². The average molecular weight is 307 g/mol. The monoisotopic (exact) mass is 306 g/mol. The smallest absolute Gasteiger partial charge is 0.261 e. The molecule has 2 rings (SSSR count). The Morgan fingerprint density at radius 2 is 2.11 bits per heavy atom. The summed E-state index contributed by atoms with van der Waals surface area (Å²) in [7, 11) is -1.98. The fourth-order valence-electron chi connectivity index (χ4n) is 2.18. The maximum absolute atomic E-state index is 12.1. The van der Waals surface area contributed by atoms with E-state index in [9.17, 15) is 8.42 Å². The van der Waals surface area contributed by atoms with Crippen molar-refractivity contribution >= 4 is 21.6 Å². The van der Waals surface area contributed by atoms with Crippen LogP contribution in [0, 0.1) is 0 Å². The maximum Gasteiger partial charge on any atom is 0.261 e. The van der Waals surface area contributed by atoms with Gasteiger partial charge in [0.25, 0.3) is 10.0 Å². The van der Waals surface area contributed by atoms with Gasteiger partial charge in [0.2, 0.25) is 5.03 Å². The molecule has 0 spiro atoms. The number of imidazole rings is 1. The number of hydrogen-bond acceptors (Lipinski definition) is 4. The Bertz CT molecular complexity index is 537. The van der Waals surface area contributed by atoms with Crippen molar-refractivity contribution in [2.75, 3.05) is 19.6 Å². The largest absolute Gasteiger partial charge is 0.324 e. The van der Waals surface area contributed by atoms with Gasteiger partial charge >= 0.3 is 0 Å². The summed E-state index contributed by atoms with van der Waals surface area (Å²) in [5.74, 6) is 0. The standard InChI is InChI=1S/C11H19ClN4O2S/c1-9(16-5-3-4-6-16)7-14-19(17,18)11-10(12)15(2)8-13-11/h8-9,14H,3-7H2,1-2H3. The van der Waals surface area contributed by atoms with Gasteiger partial charge in [-0.15, -0.1) is 0 Å². The Hall–Kier alpha value is -0.630. The molecule has 108 valence electrons. The lowest BCUT2D eigenvalue weighted by Crippen LogP contribution is -2.40. The van der Waals surface area contributed by atoms with Crippen LogP contribution in [0.4, 0.5) is 0 Å². The minimum atomic E-state index is -3.64. The number of likely N-dealkylation sites (tertiary alicyclic amines) is 1. The van der Waals surface area contributed by atoms with E-state index < -0.39 is 10.0 Å². The highest BCUT2D eigenvalue weighted by molar-refractivity contribution is 7.89.